The van der Waals surface area contributed by atoms with Crippen molar-refractivity contribution in [3.8, 4) is 0 Å². The molecular formula is C11H11F2NO3. The third kappa shape index (κ3) is 3.82. The van der Waals surface area contributed by atoms with Crippen LogP contribution < -0.4 is 5.32 Å². The zero-order valence-electron chi connectivity index (χ0n) is 9.13. The van der Waals surface area contributed by atoms with Gasteiger partial charge in [0.25, 0.3) is 0 Å². The molecule has 0 radical (unpaired) electrons. The van der Waals surface area contributed by atoms with E-state index in [0.29, 0.717) is 0 Å². The van der Waals surface area contributed by atoms with Gasteiger partial charge in [-0.3, -0.25) is 4.79 Å². The lowest BCUT2D eigenvalue weighted by Gasteiger charge is -2.05. The molecule has 0 heterocycles. The normalized spacial score (nSPS) is 9.82. The van der Waals surface area contributed by atoms with Gasteiger partial charge >= 0.3 is 11.9 Å². The third-order valence-electron chi connectivity index (χ3n) is 2.06. The molecule has 17 heavy (non-hydrogen) atoms. The lowest BCUT2D eigenvalue weighted by molar-refractivity contribution is -0.152. The first kappa shape index (κ1) is 13.1. The van der Waals surface area contributed by atoms with Gasteiger partial charge in [-0.05, 0) is 30.2 Å². The third-order valence-corrected chi connectivity index (χ3v) is 2.06. The molecule has 6 heteroatoms. The molecule has 0 fully saturated rings. The van der Waals surface area contributed by atoms with Crippen LogP contribution in [0.2, 0.25) is 0 Å². The van der Waals surface area contributed by atoms with Gasteiger partial charge in [0.15, 0.2) is 0 Å². The van der Waals surface area contributed by atoms with E-state index in [1.54, 1.807) is 0 Å². The molecule has 1 rings (SSSR count). The largest absolute Gasteiger partial charge is 0.462 e. The quantitative estimate of drug-likeness (QED) is 0.631. The maximum Gasteiger partial charge on any atom is 0.396 e. The number of ether oxygens (including phenoxy) is 1. The van der Waals surface area contributed by atoms with Crippen molar-refractivity contribution in [2.24, 2.45) is 0 Å². The summed E-state index contributed by atoms with van der Waals surface area (Å²) in [6.45, 7) is 0.0221. The summed E-state index contributed by atoms with van der Waals surface area (Å²) < 4.78 is 30.1. The van der Waals surface area contributed by atoms with Crippen LogP contribution in [-0.2, 0) is 20.7 Å². The predicted molar refractivity (Wildman–Crippen MR) is 55.1 cm³/mol. The highest BCUT2D eigenvalue weighted by atomic mass is 19.1. The molecule has 0 aliphatic carbocycles. The Balaban J connectivity index is 2.48. The number of rotatable bonds is 3. The van der Waals surface area contributed by atoms with E-state index in [1.807, 2.05) is 0 Å². The standard InChI is InChI=1S/C11H11F2NO3/c1-17-11(16)10(15)14-5-4-7-6-8(12)2-3-9(7)13/h2-3,6H,4-5H2,1H3,(H,14,15). The molecule has 0 spiro atoms. The number of esters is 1. The van der Waals surface area contributed by atoms with Crippen molar-refractivity contribution in [3.05, 3.63) is 35.4 Å². The fourth-order valence-corrected chi connectivity index (χ4v) is 1.21. The molecule has 0 aromatic heterocycles. The van der Waals surface area contributed by atoms with Crippen LogP contribution in [0.3, 0.4) is 0 Å². The minimum absolute atomic E-state index is 0.0221. The molecular weight excluding hydrogens is 232 g/mol. The molecule has 1 aromatic carbocycles. The van der Waals surface area contributed by atoms with Crippen molar-refractivity contribution in [1.29, 1.82) is 0 Å². The predicted octanol–water partition coefficient (Wildman–Crippen LogP) is 0.796. The smallest absolute Gasteiger partial charge is 0.396 e. The number of halogens is 2. The van der Waals surface area contributed by atoms with Crippen molar-refractivity contribution in [3.63, 3.8) is 0 Å². The number of methoxy groups -OCH3 is 1. The highest BCUT2D eigenvalue weighted by Crippen LogP contribution is 2.09. The van der Waals surface area contributed by atoms with Crippen LogP contribution in [0.1, 0.15) is 5.56 Å². The second-order valence-electron chi connectivity index (χ2n) is 3.23. The lowest BCUT2D eigenvalue weighted by Crippen LogP contribution is -2.33. The number of nitrogens with one attached hydrogen (secondary N) is 1. The number of carbonyl (C=O) groups excluding carboxylic acids is 2. The van der Waals surface area contributed by atoms with Crippen LogP contribution >= 0.6 is 0 Å². The molecule has 4 nitrogen and oxygen atoms in total. The van der Waals surface area contributed by atoms with Crippen molar-refractivity contribution < 1.29 is 23.1 Å². The number of carbonyl (C=O) groups is 2. The number of amides is 1. The minimum Gasteiger partial charge on any atom is -0.462 e. The zero-order valence-corrected chi connectivity index (χ0v) is 9.13. The Morgan fingerprint density at radius 3 is 2.71 bits per heavy atom. The van der Waals surface area contributed by atoms with Gasteiger partial charge in [-0.25, -0.2) is 13.6 Å². The summed E-state index contributed by atoms with van der Waals surface area (Å²) in [5.74, 6) is -3.05. The summed E-state index contributed by atoms with van der Waals surface area (Å²) in [6.07, 6.45) is 0.0896. The Kier molecular flexibility index (Phi) is 4.56. The summed E-state index contributed by atoms with van der Waals surface area (Å²) >= 11 is 0. The van der Waals surface area contributed by atoms with E-state index in [0.717, 1.165) is 25.3 Å². The second-order valence-corrected chi connectivity index (χ2v) is 3.23. The summed E-state index contributed by atoms with van der Waals surface area (Å²) in [5, 5.41) is 2.23. The number of benzene rings is 1. The summed E-state index contributed by atoms with van der Waals surface area (Å²) in [4.78, 5) is 21.7. The van der Waals surface area contributed by atoms with Crippen molar-refractivity contribution in [2.75, 3.05) is 13.7 Å². The Morgan fingerprint density at radius 1 is 1.35 bits per heavy atom. The Labute approximate surface area is 96.6 Å². The van der Waals surface area contributed by atoms with Gasteiger partial charge in [0.05, 0.1) is 7.11 Å². The second kappa shape index (κ2) is 5.93. The molecule has 92 valence electrons. The van der Waals surface area contributed by atoms with E-state index < -0.39 is 23.5 Å². The molecule has 1 N–H and O–H groups in total. The van der Waals surface area contributed by atoms with Gasteiger partial charge in [-0.2, -0.15) is 0 Å². The first-order valence-corrected chi connectivity index (χ1v) is 4.84. The van der Waals surface area contributed by atoms with Crippen LogP contribution in [0.4, 0.5) is 8.78 Å². The summed E-state index contributed by atoms with van der Waals surface area (Å²) in [7, 11) is 1.08. The van der Waals surface area contributed by atoms with Crippen LogP contribution in [0, 0.1) is 11.6 Å². The number of hydrogen-bond donors (Lipinski definition) is 1. The van der Waals surface area contributed by atoms with Crippen molar-refractivity contribution >= 4 is 11.9 Å². The van der Waals surface area contributed by atoms with Crippen LogP contribution in [-0.4, -0.2) is 25.5 Å². The topological polar surface area (TPSA) is 55.4 Å². The molecule has 0 bridgehead atoms. The first-order valence-electron chi connectivity index (χ1n) is 4.84. The van der Waals surface area contributed by atoms with E-state index in [4.69, 9.17) is 0 Å². The molecule has 0 atom stereocenters. The average Bonchev–Trinajstić information content (AvgIpc) is 2.32. The van der Waals surface area contributed by atoms with Crippen LogP contribution in [0.25, 0.3) is 0 Å². The van der Waals surface area contributed by atoms with Crippen LogP contribution in [0.5, 0.6) is 0 Å². The highest BCUT2D eigenvalue weighted by molar-refractivity contribution is 6.32. The molecule has 0 aliphatic rings. The molecule has 0 saturated carbocycles. The molecule has 1 amide bonds. The Morgan fingerprint density at radius 2 is 2.06 bits per heavy atom. The van der Waals surface area contributed by atoms with Gasteiger partial charge in [0.2, 0.25) is 0 Å². The van der Waals surface area contributed by atoms with E-state index >= 15 is 0 Å². The fourth-order valence-electron chi connectivity index (χ4n) is 1.21. The van der Waals surface area contributed by atoms with Gasteiger partial charge < -0.3 is 10.1 Å². The lowest BCUT2D eigenvalue weighted by atomic mass is 10.1. The fraction of sp³-hybridized carbons (Fsp3) is 0.273. The Hall–Kier alpha value is -1.98. The molecule has 0 aliphatic heterocycles. The van der Waals surface area contributed by atoms with E-state index in [2.05, 4.69) is 10.1 Å². The Bertz CT molecular complexity index is 435. The van der Waals surface area contributed by atoms with Gasteiger partial charge in [-0.1, -0.05) is 0 Å². The summed E-state index contributed by atoms with van der Waals surface area (Å²) in [5.41, 5.74) is 0.134. The SMILES string of the molecule is COC(=O)C(=O)NCCc1cc(F)ccc1F. The average molecular weight is 243 g/mol. The van der Waals surface area contributed by atoms with Crippen LogP contribution in [0.15, 0.2) is 18.2 Å². The number of hydrogen-bond acceptors (Lipinski definition) is 3. The van der Waals surface area contributed by atoms with E-state index in [9.17, 15) is 18.4 Å². The minimum atomic E-state index is -1.02. The highest BCUT2D eigenvalue weighted by Gasteiger charge is 2.12. The van der Waals surface area contributed by atoms with Crippen molar-refractivity contribution in [2.45, 2.75) is 6.42 Å². The van der Waals surface area contributed by atoms with E-state index in [-0.39, 0.29) is 18.5 Å². The maximum absolute atomic E-state index is 13.1. The van der Waals surface area contributed by atoms with Crippen molar-refractivity contribution in [1.82, 2.24) is 5.32 Å². The maximum atomic E-state index is 13.1. The monoisotopic (exact) mass is 243 g/mol. The zero-order chi connectivity index (χ0) is 12.8. The van der Waals surface area contributed by atoms with E-state index in [1.165, 1.54) is 0 Å². The molecule has 1 aromatic rings. The molecule has 0 unspecified atom stereocenters. The first-order chi connectivity index (χ1) is 8.04. The van der Waals surface area contributed by atoms with Gasteiger partial charge in [0.1, 0.15) is 11.6 Å². The summed E-state index contributed by atoms with van der Waals surface area (Å²) in [6, 6.07) is 3.05. The van der Waals surface area contributed by atoms with Gasteiger partial charge in [-0.15, -0.1) is 0 Å². The molecule has 0 saturated heterocycles. The van der Waals surface area contributed by atoms with Gasteiger partial charge in [0, 0.05) is 6.54 Å².